The predicted octanol–water partition coefficient (Wildman–Crippen LogP) is 2.86. The van der Waals surface area contributed by atoms with E-state index in [-0.39, 0.29) is 12.6 Å². The van der Waals surface area contributed by atoms with Gasteiger partial charge in [0, 0.05) is 0 Å². The molecule has 0 aliphatic carbocycles. The average molecular weight is 325 g/mol. The molecule has 0 saturated carbocycles. The Hall–Kier alpha value is -2.84. The molecule has 2 aromatic carbocycles. The predicted molar refractivity (Wildman–Crippen MR) is 70.5 cm³/mol. The molecule has 4 nitrogen and oxygen atoms in total. The normalized spacial score (nSPS) is 10.1. The zero-order valence-corrected chi connectivity index (χ0v) is 11.2. The zero-order chi connectivity index (χ0) is 17.0. The van der Waals surface area contributed by atoms with Crippen molar-refractivity contribution in [1.29, 1.82) is 0 Å². The summed E-state index contributed by atoms with van der Waals surface area (Å²) >= 11 is 0. The second-order valence-corrected chi connectivity index (χ2v) is 4.11. The Bertz CT molecular complexity index is 703. The van der Waals surface area contributed by atoms with Crippen molar-refractivity contribution in [3.63, 3.8) is 0 Å². The lowest BCUT2D eigenvalue weighted by molar-refractivity contribution is 0.110. The Morgan fingerprint density at radius 3 is 1.48 bits per heavy atom. The fourth-order valence-electron chi connectivity index (χ4n) is 1.62. The molecule has 0 bridgehead atoms. The highest BCUT2D eigenvalue weighted by molar-refractivity contribution is 6.20. The van der Waals surface area contributed by atoms with Gasteiger partial charge in [0.2, 0.25) is 0 Å². The molecule has 0 atom stereocenters. The fourth-order valence-corrected chi connectivity index (χ4v) is 1.62. The van der Waals surface area contributed by atoms with Gasteiger partial charge >= 0.3 is 7.69 Å². The van der Waals surface area contributed by atoms with Crippen LogP contribution < -0.4 is 9.31 Å². The summed E-state index contributed by atoms with van der Waals surface area (Å²) < 4.78 is 62.9. The molecule has 0 N–H and O–H groups in total. The summed E-state index contributed by atoms with van der Waals surface area (Å²) in [6, 6.07) is 3.35. The van der Waals surface area contributed by atoms with Gasteiger partial charge in [-0.2, -0.15) is 0 Å². The molecule has 0 aromatic heterocycles. The SMILES string of the molecule is O=Cc1c(F)ccc(O[B]Oc2ccc(F)c(C=O)c2F)c1F. The van der Waals surface area contributed by atoms with Gasteiger partial charge in [0.1, 0.15) is 23.1 Å². The van der Waals surface area contributed by atoms with Crippen LogP contribution in [0.25, 0.3) is 0 Å². The second-order valence-electron chi connectivity index (χ2n) is 4.11. The smallest absolute Gasteiger partial charge is 0.524 e. The van der Waals surface area contributed by atoms with E-state index >= 15 is 0 Å². The van der Waals surface area contributed by atoms with Gasteiger partial charge in [-0.1, -0.05) is 0 Å². The van der Waals surface area contributed by atoms with Gasteiger partial charge in [-0.3, -0.25) is 9.59 Å². The monoisotopic (exact) mass is 325 g/mol. The number of carbonyl (C=O) groups excluding carboxylic acids is 2. The van der Waals surface area contributed by atoms with E-state index in [1.807, 2.05) is 0 Å². The summed E-state index contributed by atoms with van der Waals surface area (Å²) in [6.07, 6.45) is -0.0667. The van der Waals surface area contributed by atoms with E-state index in [0.29, 0.717) is 7.69 Å². The molecule has 23 heavy (non-hydrogen) atoms. The van der Waals surface area contributed by atoms with E-state index in [4.69, 9.17) is 9.31 Å². The van der Waals surface area contributed by atoms with E-state index in [9.17, 15) is 27.2 Å². The summed E-state index contributed by atoms with van der Waals surface area (Å²) in [4.78, 5) is 21.1. The molecule has 0 unspecified atom stereocenters. The quantitative estimate of drug-likeness (QED) is 0.466. The third kappa shape index (κ3) is 3.33. The van der Waals surface area contributed by atoms with Crippen molar-refractivity contribution in [2.75, 3.05) is 0 Å². The Labute approximate surface area is 127 Å². The van der Waals surface area contributed by atoms with E-state index in [2.05, 4.69) is 0 Å². The van der Waals surface area contributed by atoms with Crippen molar-refractivity contribution in [3.05, 3.63) is 58.7 Å². The standard InChI is InChI=1S/C14H6BF4O4/c16-9-1-3-11(13(18)7(9)5-20)22-15-23-12-4-2-10(17)8(6-21)14(12)19/h1-6H. The fraction of sp³-hybridized carbons (Fsp3) is 0. The van der Waals surface area contributed by atoms with Crippen molar-refractivity contribution in [3.8, 4) is 11.5 Å². The summed E-state index contributed by atoms with van der Waals surface area (Å²) in [5.74, 6) is -5.80. The van der Waals surface area contributed by atoms with E-state index in [0.717, 1.165) is 24.3 Å². The summed E-state index contributed by atoms with van der Waals surface area (Å²) in [5.41, 5.74) is -1.68. The molecule has 0 amide bonds. The first-order chi connectivity index (χ1) is 11.0. The maximum atomic E-state index is 13.7. The van der Waals surface area contributed by atoms with Crippen LogP contribution in [-0.4, -0.2) is 20.3 Å². The molecular weight excluding hydrogens is 319 g/mol. The number of halogens is 4. The Balaban J connectivity index is 2.12. The van der Waals surface area contributed by atoms with Crippen molar-refractivity contribution in [2.45, 2.75) is 0 Å². The lowest BCUT2D eigenvalue weighted by Crippen LogP contribution is -2.14. The Morgan fingerprint density at radius 2 is 1.13 bits per heavy atom. The number of carbonyl (C=O) groups is 2. The molecule has 2 rings (SSSR count). The number of aldehydes is 2. The topological polar surface area (TPSA) is 52.6 Å². The maximum Gasteiger partial charge on any atom is 0.658 e. The van der Waals surface area contributed by atoms with Crippen molar-refractivity contribution >= 4 is 20.3 Å². The summed E-state index contributed by atoms with van der Waals surface area (Å²) in [5, 5.41) is 0. The lowest BCUT2D eigenvalue weighted by atomic mass is 10.2. The molecule has 117 valence electrons. The zero-order valence-electron chi connectivity index (χ0n) is 11.2. The van der Waals surface area contributed by atoms with Crippen molar-refractivity contribution < 1.29 is 36.5 Å². The molecule has 0 aliphatic rings. The molecule has 1 radical (unpaired) electrons. The second kappa shape index (κ2) is 6.95. The molecule has 2 aromatic rings. The maximum absolute atomic E-state index is 13.7. The first kappa shape index (κ1) is 16.5. The minimum Gasteiger partial charge on any atom is -0.524 e. The Morgan fingerprint density at radius 1 is 0.739 bits per heavy atom. The van der Waals surface area contributed by atoms with Gasteiger partial charge in [0.15, 0.2) is 24.2 Å². The van der Waals surface area contributed by atoms with Gasteiger partial charge in [-0.05, 0) is 24.3 Å². The van der Waals surface area contributed by atoms with Crippen LogP contribution in [0.4, 0.5) is 17.6 Å². The van der Waals surface area contributed by atoms with Crippen LogP contribution in [0.3, 0.4) is 0 Å². The highest BCUT2D eigenvalue weighted by Crippen LogP contribution is 2.24. The van der Waals surface area contributed by atoms with Crippen LogP contribution in [-0.2, 0) is 0 Å². The third-order valence-electron chi connectivity index (χ3n) is 2.77. The van der Waals surface area contributed by atoms with Crippen LogP contribution in [0.2, 0.25) is 0 Å². The van der Waals surface area contributed by atoms with E-state index in [1.54, 1.807) is 0 Å². The minimum atomic E-state index is -1.27. The van der Waals surface area contributed by atoms with Crippen LogP contribution in [0, 0.1) is 23.3 Å². The number of hydrogen-bond acceptors (Lipinski definition) is 4. The number of hydrogen-bond donors (Lipinski definition) is 0. The summed E-state index contributed by atoms with van der Waals surface area (Å²) in [7, 11) is 0.482. The van der Waals surface area contributed by atoms with Crippen LogP contribution >= 0.6 is 0 Å². The van der Waals surface area contributed by atoms with E-state index in [1.165, 1.54) is 0 Å². The number of benzene rings is 2. The minimum absolute atomic E-state index is 0.0333. The van der Waals surface area contributed by atoms with Crippen LogP contribution in [0.5, 0.6) is 11.5 Å². The molecule has 0 heterocycles. The largest absolute Gasteiger partial charge is 0.658 e. The number of rotatable bonds is 6. The van der Waals surface area contributed by atoms with E-state index < -0.39 is 45.9 Å². The molecular formula is C14H6BF4O4. The molecule has 0 fully saturated rings. The lowest BCUT2D eigenvalue weighted by Gasteiger charge is -2.10. The van der Waals surface area contributed by atoms with Gasteiger partial charge < -0.3 is 9.31 Å². The molecule has 0 spiro atoms. The van der Waals surface area contributed by atoms with Gasteiger partial charge in [-0.15, -0.1) is 0 Å². The highest BCUT2D eigenvalue weighted by Gasteiger charge is 2.18. The molecule has 0 aliphatic heterocycles. The Kier molecular flexibility index (Phi) is 5.00. The van der Waals surface area contributed by atoms with Gasteiger partial charge in [0.25, 0.3) is 0 Å². The molecule has 0 saturated heterocycles. The first-order valence-electron chi connectivity index (χ1n) is 6.01. The summed E-state index contributed by atoms with van der Waals surface area (Å²) in [6.45, 7) is 0. The van der Waals surface area contributed by atoms with Crippen LogP contribution in [0.15, 0.2) is 24.3 Å². The van der Waals surface area contributed by atoms with Crippen molar-refractivity contribution in [1.82, 2.24) is 0 Å². The van der Waals surface area contributed by atoms with Crippen molar-refractivity contribution in [2.24, 2.45) is 0 Å². The average Bonchev–Trinajstić information content (AvgIpc) is 2.52. The molecule has 9 heteroatoms. The third-order valence-corrected chi connectivity index (χ3v) is 2.77. The van der Waals surface area contributed by atoms with Crippen LogP contribution in [0.1, 0.15) is 20.7 Å². The first-order valence-corrected chi connectivity index (χ1v) is 6.01. The van der Waals surface area contributed by atoms with Gasteiger partial charge in [-0.25, -0.2) is 17.6 Å². The van der Waals surface area contributed by atoms with Gasteiger partial charge in [0.05, 0.1) is 11.1 Å². The highest BCUT2D eigenvalue weighted by atomic mass is 19.1.